The first-order valence-electron chi connectivity index (χ1n) is 3.23. The van der Waals surface area contributed by atoms with E-state index in [0.29, 0.717) is 5.69 Å². The van der Waals surface area contributed by atoms with Gasteiger partial charge in [0.1, 0.15) is 6.61 Å². The highest BCUT2D eigenvalue weighted by Gasteiger charge is 2.10. The molecule has 0 saturated heterocycles. The number of rotatable bonds is 3. The van der Waals surface area contributed by atoms with E-state index in [1.165, 1.54) is 6.33 Å². The summed E-state index contributed by atoms with van der Waals surface area (Å²) in [5, 5.41) is 4.83. The molecule has 0 atom stereocenters. The van der Waals surface area contributed by atoms with Gasteiger partial charge >= 0.3 is 10.3 Å². The Bertz CT molecular complexity index is 380. The standard InChI is InChI=1S/C5H8ClN3O3S/c1-9-3-8-5(6)4(9)2-12-13(7,10)11/h3H,2H2,1H3,(H2,7,10,11). The molecule has 74 valence electrons. The Hall–Kier alpha value is -0.630. The van der Waals surface area contributed by atoms with Gasteiger partial charge < -0.3 is 4.57 Å². The van der Waals surface area contributed by atoms with Gasteiger partial charge in [-0.3, -0.25) is 4.18 Å². The van der Waals surface area contributed by atoms with Crippen LogP contribution in [0.15, 0.2) is 6.33 Å². The van der Waals surface area contributed by atoms with Crippen molar-refractivity contribution >= 4 is 21.9 Å². The first kappa shape index (κ1) is 10.5. The summed E-state index contributed by atoms with van der Waals surface area (Å²) < 4.78 is 26.8. The van der Waals surface area contributed by atoms with Crippen LogP contribution in [0.3, 0.4) is 0 Å². The van der Waals surface area contributed by atoms with Crippen LogP contribution in [0.1, 0.15) is 5.69 Å². The summed E-state index contributed by atoms with van der Waals surface area (Å²) in [4.78, 5) is 3.73. The van der Waals surface area contributed by atoms with Gasteiger partial charge in [-0.2, -0.15) is 8.42 Å². The number of hydrogen-bond donors (Lipinski definition) is 1. The molecule has 1 aromatic heterocycles. The number of nitrogens with two attached hydrogens (primary N) is 1. The first-order chi connectivity index (χ1) is 5.90. The highest BCUT2D eigenvalue weighted by Crippen LogP contribution is 2.13. The summed E-state index contributed by atoms with van der Waals surface area (Å²) in [5.74, 6) is 0. The smallest absolute Gasteiger partial charge is 0.333 e. The lowest BCUT2D eigenvalue weighted by Gasteiger charge is -2.01. The molecule has 0 amide bonds. The van der Waals surface area contributed by atoms with E-state index in [-0.39, 0.29) is 11.8 Å². The Balaban J connectivity index is 2.75. The Kier molecular flexibility index (Phi) is 2.91. The minimum atomic E-state index is -3.93. The van der Waals surface area contributed by atoms with Crippen LogP contribution in [0.4, 0.5) is 0 Å². The van der Waals surface area contributed by atoms with Crippen molar-refractivity contribution in [3.05, 3.63) is 17.2 Å². The zero-order valence-corrected chi connectivity index (χ0v) is 8.34. The van der Waals surface area contributed by atoms with Gasteiger partial charge in [0.2, 0.25) is 0 Å². The van der Waals surface area contributed by atoms with Crippen LogP contribution in [0.5, 0.6) is 0 Å². The van der Waals surface area contributed by atoms with E-state index in [2.05, 4.69) is 14.3 Å². The number of aryl methyl sites for hydroxylation is 1. The molecule has 0 unspecified atom stereocenters. The second kappa shape index (κ2) is 3.62. The van der Waals surface area contributed by atoms with Crippen LogP contribution in [0.25, 0.3) is 0 Å². The van der Waals surface area contributed by atoms with Gasteiger partial charge in [0.05, 0.1) is 12.0 Å². The van der Waals surface area contributed by atoms with Crippen molar-refractivity contribution in [2.45, 2.75) is 6.61 Å². The lowest BCUT2D eigenvalue weighted by Crippen LogP contribution is -2.16. The van der Waals surface area contributed by atoms with Gasteiger partial charge in [-0.25, -0.2) is 10.1 Å². The predicted octanol–water partition coefficient (Wildman–Crippen LogP) is -0.206. The Morgan fingerprint density at radius 1 is 1.77 bits per heavy atom. The van der Waals surface area contributed by atoms with E-state index >= 15 is 0 Å². The highest BCUT2D eigenvalue weighted by molar-refractivity contribution is 7.84. The van der Waals surface area contributed by atoms with Gasteiger partial charge in [0.15, 0.2) is 5.15 Å². The maximum Gasteiger partial charge on any atom is 0.333 e. The average molecular weight is 226 g/mol. The molecule has 8 heteroatoms. The van der Waals surface area contributed by atoms with Crippen LogP contribution in [-0.2, 0) is 28.1 Å². The predicted molar refractivity (Wildman–Crippen MR) is 46.1 cm³/mol. The molecular weight excluding hydrogens is 218 g/mol. The third-order valence-corrected chi connectivity index (χ3v) is 2.13. The fourth-order valence-corrected chi connectivity index (χ4v) is 1.23. The number of hydrogen-bond acceptors (Lipinski definition) is 4. The lowest BCUT2D eigenvalue weighted by atomic mass is 10.5. The zero-order valence-electron chi connectivity index (χ0n) is 6.77. The quantitative estimate of drug-likeness (QED) is 0.771. The summed E-state index contributed by atoms with van der Waals surface area (Å²) in [7, 11) is -2.27. The lowest BCUT2D eigenvalue weighted by molar-refractivity contribution is 0.300. The maximum atomic E-state index is 10.4. The fraction of sp³-hybridized carbons (Fsp3) is 0.400. The largest absolute Gasteiger partial charge is 0.334 e. The van der Waals surface area contributed by atoms with Crippen LogP contribution >= 0.6 is 11.6 Å². The molecule has 0 aromatic carbocycles. The molecule has 0 bridgehead atoms. The van der Waals surface area contributed by atoms with Crippen LogP contribution in [-0.4, -0.2) is 18.0 Å². The number of nitrogens with zero attached hydrogens (tertiary/aromatic N) is 2. The first-order valence-corrected chi connectivity index (χ1v) is 5.08. The Morgan fingerprint density at radius 2 is 2.38 bits per heavy atom. The van der Waals surface area contributed by atoms with E-state index in [9.17, 15) is 8.42 Å². The normalized spacial score (nSPS) is 11.9. The van der Waals surface area contributed by atoms with Gasteiger partial charge in [0, 0.05) is 7.05 Å². The Morgan fingerprint density at radius 3 is 2.77 bits per heavy atom. The molecule has 6 nitrogen and oxygen atoms in total. The van der Waals surface area contributed by atoms with E-state index in [1.807, 2.05) is 0 Å². The molecule has 1 heterocycles. The second-order valence-electron chi connectivity index (χ2n) is 2.35. The second-order valence-corrected chi connectivity index (χ2v) is 3.93. The molecule has 0 aliphatic heterocycles. The third-order valence-electron chi connectivity index (χ3n) is 1.37. The molecule has 0 fully saturated rings. The maximum absolute atomic E-state index is 10.4. The van der Waals surface area contributed by atoms with E-state index in [4.69, 9.17) is 11.6 Å². The number of imidazole rings is 1. The molecule has 13 heavy (non-hydrogen) atoms. The summed E-state index contributed by atoms with van der Waals surface area (Å²) >= 11 is 5.63. The highest BCUT2D eigenvalue weighted by atomic mass is 35.5. The van der Waals surface area contributed by atoms with E-state index in [1.54, 1.807) is 11.6 Å². The average Bonchev–Trinajstić information content (AvgIpc) is 2.27. The van der Waals surface area contributed by atoms with Gasteiger partial charge in [-0.1, -0.05) is 11.6 Å². The molecule has 0 aliphatic rings. The molecule has 1 rings (SSSR count). The SMILES string of the molecule is Cn1cnc(Cl)c1COS(N)(=O)=O. The number of halogens is 1. The summed E-state index contributed by atoms with van der Waals surface area (Å²) in [6.07, 6.45) is 1.45. The van der Waals surface area contributed by atoms with Crippen molar-refractivity contribution in [2.75, 3.05) is 0 Å². The van der Waals surface area contributed by atoms with Crippen molar-refractivity contribution in [3.63, 3.8) is 0 Å². The molecular formula is C5H8ClN3O3S. The molecule has 1 aromatic rings. The monoisotopic (exact) mass is 225 g/mol. The van der Waals surface area contributed by atoms with Crippen molar-refractivity contribution in [3.8, 4) is 0 Å². The van der Waals surface area contributed by atoms with Crippen molar-refractivity contribution in [1.82, 2.24) is 9.55 Å². The molecule has 0 spiro atoms. The summed E-state index contributed by atoms with van der Waals surface area (Å²) in [5.41, 5.74) is 0.454. The van der Waals surface area contributed by atoms with Crippen molar-refractivity contribution in [1.29, 1.82) is 0 Å². The third kappa shape index (κ3) is 2.96. The molecule has 2 N–H and O–H groups in total. The summed E-state index contributed by atoms with van der Waals surface area (Å²) in [6, 6.07) is 0. The fourth-order valence-electron chi connectivity index (χ4n) is 0.726. The van der Waals surface area contributed by atoms with Crippen LogP contribution < -0.4 is 5.14 Å². The Labute approximate surface area is 80.5 Å². The topological polar surface area (TPSA) is 87.2 Å². The summed E-state index contributed by atoms with van der Waals surface area (Å²) in [6.45, 7) is -0.214. The van der Waals surface area contributed by atoms with Gasteiger partial charge in [-0.15, -0.1) is 0 Å². The van der Waals surface area contributed by atoms with Crippen LogP contribution in [0.2, 0.25) is 5.15 Å². The molecule has 0 radical (unpaired) electrons. The molecule has 0 aliphatic carbocycles. The van der Waals surface area contributed by atoms with Gasteiger partial charge in [0.25, 0.3) is 0 Å². The van der Waals surface area contributed by atoms with E-state index in [0.717, 1.165) is 0 Å². The van der Waals surface area contributed by atoms with Crippen molar-refractivity contribution < 1.29 is 12.6 Å². The zero-order chi connectivity index (χ0) is 10.1. The minimum absolute atomic E-state index is 0.200. The van der Waals surface area contributed by atoms with Crippen molar-refractivity contribution in [2.24, 2.45) is 12.2 Å². The van der Waals surface area contributed by atoms with Crippen LogP contribution in [0, 0.1) is 0 Å². The number of aromatic nitrogens is 2. The molecule has 0 saturated carbocycles. The van der Waals surface area contributed by atoms with Gasteiger partial charge in [-0.05, 0) is 0 Å². The van der Waals surface area contributed by atoms with E-state index < -0.39 is 10.3 Å². The minimum Gasteiger partial charge on any atom is -0.334 e.